The first-order valence-corrected chi connectivity index (χ1v) is 25.2. The van der Waals surface area contributed by atoms with E-state index in [1.165, 1.54) is 109 Å². The van der Waals surface area contributed by atoms with Crippen LogP contribution in [0.25, 0.3) is 45.6 Å². The number of nitriles is 4. The van der Waals surface area contributed by atoms with Crippen molar-refractivity contribution < 1.29 is 0 Å². The van der Waals surface area contributed by atoms with Gasteiger partial charge in [-0.05, 0) is 97.5 Å². The fourth-order valence-corrected chi connectivity index (χ4v) is 16.2. The highest BCUT2D eigenvalue weighted by atomic mass is 32.2. The number of fused-ring (bicyclic) bond motifs is 5. The molecule has 62 heavy (non-hydrogen) atoms. The third-order valence-corrected chi connectivity index (χ3v) is 19.2. The normalized spacial score (nSPS) is 20.0. The molecule has 4 nitrogen and oxygen atoms in total. The first kappa shape index (κ1) is 40.4. The lowest BCUT2D eigenvalue weighted by molar-refractivity contribution is 1.31. The molecule has 4 atom stereocenters. The predicted octanol–water partition coefficient (Wildman–Crippen LogP) is 11.2. The summed E-state index contributed by atoms with van der Waals surface area (Å²) in [6, 6.07) is 34.2. The van der Waals surface area contributed by atoms with E-state index in [1.807, 2.05) is 94.7 Å². The maximum atomic E-state index is 9.39. The van der Waals surface area contributed by atoms with E-state index in [0.29, 0.717) is 9.06 Å². The molecule has 0 fully saturated rings. The lowest BCUT2D eigenvalue weighted by Gasteiger charge is -2.15. The van der Waals surface area contributed by atoms with Gasteiger partial charge in [-0.3, -0.25) is 0 Å². The molecular formula is C52H34N4S6. The van der Waals surface area contributed by atoms with Crippen LogP contribution in [-0.4, -0.2) is 10.5 Å². The Labute approximate surface area is 384 Å². The summed E-state index contributed by atoms with van der Waals surface area (Å²) in [6.45, 7) is 9.00. The first-order chi connectivity index (χ1) is 30.2. The number of allylic oxidation sites excluding steroid dienone is 2. The second-order valence-corrected chi connectivity index (χ2v) is 22.6. The summed E-state index contributed by atoms with van der Waals surface area (Å²) in [4.78, 5) is 5.38. The minimum atomic E-state index is 0.157. The SMILES string of the molecule is Cc1cccc(C)c1C1=C2C(=C(c3c(C)cccc3C)c3sc(C4C=CC(/C=c5/ccc(=C(C#N)C#N)s5)S4)cc32)c2cc(C3C=CC(/C=c4/ccc(=C(C#N)C#N)s4)S3)sc21. The Morgan fingerprint density at radius 3 is 1.24 bits per heavy atom. The summed E-state index contributed by atoms with van der Waals surface area (Å²) in [7, 11) is 0. The van der Waals surface area contributed by atoms with Gasteiger partial charge in [0.05, 0.1) is 19.6 Å². The molecule has 0 radical (unpaired) electrons. The van der Waals surface area contributed by atoms with Crippen LogP contribution in [0.3, 0.4) is 0 Å². The highest BCUT2D eigenvalue weighted by Crippen LogP contribution is 2.64. The Bertz CT molecular complexity index is 3190. The zero-order chi connectivity index (χ0) is 42.8. The van der Waals surface area contributed by atoms with Crippen LogP contribution in [0, 0.1) is 73.0 Å². The summed E-state index contributed by atoms with van der Waals surface area (Å²) in [5.74, 6) is 0. The molecular weight excluding hydrogens is 873 g/mol. The molecule has 10 heteroatoms. The van der Waals surface area contributed by atoms with Crippen LogP contribution in [0.2, 0.25) is 0 Å². The van der Waals surface area contributed by atoms with Crippen LogP contribution < -0.4 is 18.1 Å². The third-order valence-electron chi connectivity index (χ3n) is 11.7. The summed E-state index contributed by atoms with van der Waals surface area (Å²) in [5.41, 5.74) is 16.1. The Morgan fingerprint density at radius 1 is 0.484 bits per heavy atom. The van der Waals surface area contributed by atoms with Crippen LogP contribution in [0.1, 0.15) is 74.5 Å². The molecule has 0 N–H and O–H groups in total. The van der Waals surface area contributed by atoms with Crippen molar-refractivity contribution in [2.75, 3.05) is 0 Å². The van der Waals surface area contributed by atoms with Crippen molar-refractivity contribution in [2.24, 2.45) is 0 Å². The van der Waals surface area contributed by atoms with Crippen LogP contribution in [0.4, 0.5) is 0 Å². The van der Waals surface area contributed by atoms with Gasteiger partial charge in [-0.2, -0.15) is 21.0 Å². The lowest BCUT2D eigenvalue weighted by atomic mass is 9.91. The smallest absolute Gasteiger partial charge is 0.146 e. The molecule has 6 heterocycles. The Morgan fingerprint density at radius 2 is 0.871 bits per heavy atom. The standard InChI is InChI=1S/C52H34N4S6/c1-27-7-5-8-28(2)45(27)49-47-37-21-44(42-18-14-36(60-42)20-34-12-16-40(58-34)32(25-55)26-56)62-52(37)50(46-29(3)9-6-10-30(46)4)48(47)38-22-43(61-51(38)49)41-17-13-35(59-41)19-33-11-15-39(57-33)31(23-53)24-54/h5-22,35-36,41-42H,1-4H3/b33-19-,34-20-. The molecule has 4 aromatic heterocycles. The van der Waals surface area contributed by atoms with Gasteiger partial charge in [-0.15, -0.1) is 68.9 Å². The molecule has 6 aromatic rings. The van der Waals surface area contributed by atoms with Gasteiger partial charge < -0.3 is 0 Å². The highest BCUT2D eigenvalue weighted by Gasteiger charge is 2.43. The summed E-state index contributed by atoms with van der Waals surface area (Å²) in [5, 5.41) is 38.3. The number of rotatable bonds is 6. The molecule has 4 aliphatic rings. The van der Waals surface area contributed by atoms with Crippen molar-refractivity contribution in [2.45, 2.75) is 48.7 Å². The van der Waals surface area contributed by atoms with Crippen molar-refractivity contribution in [1.82, 2.24) is 0 Å². The number of thioether (sulfide) groups is 2. The number of hydrogen-bond donors (Lipinski definition) is 0. The quantitative estimate of drug-likeness (QED) is 0.155. The largest absolute Gasteiger partial charge is 0.192 e. The van der Waals surface area contributed by atoms with Crippen molar-refractivity contribution in [1.29, 1.82) is 21.0 Å². The van der Waals surface area contributed by atoms with E-state index in [2.05, 4.69) is 113 Å². The van der Waals surface area contributed by atoms with Crippen molar-refractivity contribution in [3.8, 4) is 24.3 Å². The summed E-state index contributed by atoms with van der Waals surface area (Å²) < 4.78 is 3.55. The van der Waals surface area contributed by atoms with Crippen molar-refractivity contribution in [3.63, 3.8) is 0 Å². The number of aryl methyl sites for hydroxylation is 4. The number of nitrogens with zero attached hydrogens (tertiary/aromatic N) is 4. The molecule has 2 aliphatic heterocycles. The summed E-state index contributed by atoms with van der Waals surface area (Å²) in [6.07, 6.45) is 13.7. The van der Waals surface area contributed by atoms with Gasteiger partial charge in [-0.25, -0.2) is 0 Å². The zero-order valence-corrected chi connectivity index (χ0v) is 38.8. The molecule has 0 saturated carbocycles. The van der Waals surface area contributed by atoms with Gasteiger partial charge in [-0.1, -0.05) is 72.9 Å². The van der Waals surface area contributed by atoms with Crippen LogP contribution in [-0.2, 0) is 0 Å². The topological polar surface area (TPSA) is 95.2 Å². The first-order valence-electron chi connectivity index (χ1n) is 20.0. The molecule has 2 aliphatic carbocycles. The molecule has 0 amide bonds. The average molecular weight is 907 g/mol. The van der Waals surface area contributed by atoms with Crippen LogP contribution in [0.15, 0.2) is 97.1 Å². The lowest BCUT2D eigenvalue weighted by Crippen LogP contribution is -2.00. The Balaban J connectivity index is 1.09. The predicted molar refractivity (Wildman–Crippen MR) is 264 cm³/mol. The fraction of sp³-hybridized carbons (Fsp3) is 0.154. The van der Waals surface area contributed by atoms with E-state index < -0.39 is 0 Å². The van der Waals surface area contributed by atoms with Gasteiger partial charge in [0, 0.05) is 72.5 Å². The van der Waals surface area contributed by atoms with Gasteiger partial charge in [0.15, 0.2) is 0 Å². The van der Waals surface area contributed by atoms with E-state index in [9.17, 15) is 21.0 Å². The second kappa shape index (κ2) is 16.2. The fourth-order valence-electron chi connectivity index (χ4n) is 8.96. The zero-order valence-electron chi connectivity index (χ0n) is 33.9. The van der Waals surface area contributed by atoms with E-state index in [4.69, 9.17) is 0 Å². The number of benzene rings is 2. The molecule has 10 rings (SSSR count). The van der Waals surface area contributed by atoms with Crippen molar-refractivity contribution in [3.05, 3.63) is 179 Å². The van der Waals surface area contributed by atoms with E-state index in [0.717, 1.165) is 9.06 Å². The van der Waals surface area contributed by atoms with Gasteiger partial charge in [0.25, 0.3) is 0 Å². The molecule has 0 saturated heterocycles. The molecule has 0 bridgehead atoms. The third kappa shape index (κ3) is 6.84. The van der Waals surface area contributed by atoms with Crippen molar-refractivity contribution >= 4 is 114 Å². The van der Waals surface area contributed by atoms with Crippen LogP contribution >= 0.6 is 68.9 Å². The Kier molecular flexibility index (Phi) is 10.6. The minimum absolute atomic E-state index is 0.157. The average Bonchev–Trinajstić information content (AvgIpc) is 4.11. The second-order valence-electron chi connectivity index (χ2n) is 15.6. The number of hydrogen-bond acceptors (Lipinski definition) is 10. The van der Waals surface area contributed by atoms with E-state index >= 15 is 0 Å². The van der Waals surface area contributed by atoms with E-state index in [-0.39, 0.29) is 32.1 Å². The van der Waals surface area contributed by atoms with Gasteiger partial charge >= 0.3 is 0 Å². The van der Waals surface area contributed by atoms with Gasteiger partial charge in [0.1, 0.15) is 35.4 Å². The van der Waals surface area contributed by atoms with Gasteiger partial charge in [0.2, 0.25) is 0 Å². The molecule has 4 unspecified atom stereocenters. The minimum Gasteiger partial charge on any atom is -0.192 e. The molecule has 298 valence electrons. The highest BCUT2D eigenvalue weighted by molar-refractivity contribution is 8.01. The monoisotopic (exact) mass is 906 g/mol. The molecule has 0 spiro atoms. The van der Waals surface area contributed by atoms with Crippen LogP contribution in [0.5, 0.6) is 0 Å². The maximum absolute atomic E-state index is 9.39. The van der Waals surface area contributed by atoms with E-state index in [1.54, 1.807) is 0 Å². The Hall–Kier alpha value is -5.66. The number of thiophene rings is 4. The summed E-state index contributed by atoms with van der Waals surface area (Å²) >= 11 is 10.7. The molecule has 2 aromatic carbocycles. The maximum Gasteiger partial charge on any atom is 0.146 e.